The average Bonchev–Trinajstić information content (AvgIpc) is 2.81. The standard InChI is InChI=1S/C20H30N4O4S/c1-11(22-17(25)27-19(3,4)5)9-14-12(2)15-16(29-14)13(10-21-24-15)23-18(26)28-20(6,7)8/h10-11H,9H2,1-8H3,(H,22,25)(H,23,24,26). The van der Waals surface area contributed by atoms with E-state index in [1.807, 2.05) is 34.6 Å². The van der Waals surface area contributed by atoms with E-state index in [9.17, 15) is 9.59 Å². The van der Waals surface area contributed by atoms with Crippen molar-refractivity contribution in [2.75, 3.05) is 5.32 Å². The number of anilines is 1. The summed E-state index contributed by atoms with van der Waals surface area (Å²) in [4.78, 5) is 25.2. The predicted molar refractivity (Wildman–Crippen MR) is 115 cm³/mol. The number of hydrogen-bond acceptors (Lipinski definition) is 7. The number of aromatic nitrogens is 2. The van der Waals surface area contributed by atoms with Crippen molar-refractivity contribution in [1.82, 2.24) is 15.5 Å². The van der Waals surface area contributed by atoms with Crippen molar-refractivity contribution in [3.8, 4) is 0 Å². The van der Waals surface area contributed by atoms with E-state index in [1.54, 1.807) is 20.8 Å². The molecule has 2 aromatic heterocycles. The van der Waals surface area contributed by atoms with Crippen molar-refractivity contribution < 1.29 is 19.1 Å². The fourth-order valence-corrected chi connectivity index (χ4v) is 3.93. The summed E-state index contributed by atoms with van der Waals surface area (Å²) in [5.41, 5.74) is 1.11. The number of carbonyl (C=O) groups excluding carboxylic acids is 2. The van der Waals surface area contributed by atoms with Crippen LogP contribution in [0.1, 0.15) is 58.9 Å². The molecule has 29 heavy (non-hydrogen) atoms. The number of ether oxygens (including phenoxy) is 2. The monoisotopic (exact) mass is 422 g/mol. The third kappa shape index (κ3) is 6.85. The Bertz CT molecular complexity index is 896. The Hall–Kier alpha value is -2.42. The van der Waals surface area contributed by atoms with Crippen molar-refractivity contribution in [3.05, 3.63) is 16.6 Å². The smallest absolute Gasteiger partial charge is 0.412 e. The van der Waals surface area contributed by atoms with Crippen molar-refractivity contribution in [2.24, 2.45) is 0 Å². The number of fused-ring (bicyclic) bond motifs is 1. The van der Waals surface area contributed by atoms with E-state index in [2.05, 4.69) is 20.8 Å². The first-order valence-corrected chi connectivity index (χ1v) is 10.3. The van der Waals surface area contributed by atoms with Gasteiger partial charge in [0.2, 0.25) is 0 Å². The van der Waals surface area contributed by atoms with E-state index < -0.39 is 23.4 Å². The Labute approximate surface area is 175 Å². The maximum atomic E-state index is 12.1. The van der Waals surface area contributed by atoms with Crippen molar-refractivity contribution in [3.63, 3.8) is 0 Å². The molecule has 160 valence electrons. The summed E-state index contributed by atoms with van der Waals surface area (Å²) in [5.74, 6) is 0. The van der Waals surface area contributed by atoms with Gasteiger partial charge in [-0.2, -0.15) is 5.10 Å². The molecule has 2 aromatic rings. The molecular weight excluding hydrogens is 392 g/mol. The van der Waals surface area contributed by atoms with Crippen molar-refractivity contribution in [2.45, 2.75) is 79.1 Å². The fraction of sp³-hybridized carbons (Fsp3) is 0.600. The molecule has 0 aliphatic carbocycles. The maximum Gasteiger partial charge on any atom is 0.412 e. The lowest BCUT2D eigenvalue weighted by atomic mass is 10.1. The number of thiophene rings is 1. The highest BCUT2D eigenvalue weighted by Crippen LogP contribution is 2.34. The van der Waals surface area contributed by atoms with Crippen LogP contribution in [0.4, 0.5) is 15.3 Å². The first kappa shape index (κ1) is 22.9. The van der Waals surface area contributed by atoms with Gasteiger partial charge in [-0.15, -0.1) is 16.4 Å². The fourth-order valence-electron chi connectivity index (χ4n) is 2.59. The number of aryl methyl sites for hydroxylation is 1. The van der Waals surface area contributed by atoms with Crippen molar-refractivity contribution >= 4 is 39.4 Å². The Kier molecular flexibility index (Phi) is 6.72. The lowest BCUT2D eigenvalue weighted by Crippen LogP contribution is -2.38. The van der Waals surface area contributed by atoms with Crippen LogP contribution in [0.2, 0.25) is 0 Å². The normalized spacial score (nSPS) is 13.1. The van der Waals surface area contributed by atoms with Gasteiger partial charge in [0.1, 0.15) is 16.7 Å². The van der Waals surface area contributed by atoms with Gasteiger partial charge < -0.3 is 14.8 Å². The first-order valence-electron chi connectivity index (χ1n) is 9.48. The van der Waals surface area contributed by atoms with Crippen molar-refractivity contribution in [1.29, 1.82) is 0 Å². The Balaban J connectivity index is 2.16. The van der Waals surface area contributed by atoms with Crippen LogP contribution in [-0.4, -0.2) is 39.6 Å². The molecule has 2 heterocycles. The second-order valence-corrected chi connectivity index (χ2v) is 10.1. The largest absolute Gasteiger partial charge is 0.444 e. The van der Waals surface area contributed by atoms with Gasteiger partial charge in [-0.05, 0) is 61.0 Å². The van der Waals surface area contributed by atoms with Gasteiger partial charge in [0, 0.05) is 17.3 Å². The van der Waals surface area contributed by atoms with Gasteiger partial charge in [-0.1, -0.05) is 0 Å². The summed E-state index contributed by atoms with van der Waals surface area (Å²) in [5, 5.41) is 13.8. The molecule has 8 nitrogen and oxygen atoms in total. The molecule has 1 unspecified atom stereocenters. The molecule has 0 aliphatic rings. The SMILES string of the molecule is Cc1c(CC(C)NC(=O)OC(C)(C)C)sc2c(NC(=O)OC(C)(C)C)cnnc12. The highest BCUT2D eigenvalue weighted by atomic mass is 32.1. The zero-order valence-corrected chi connectivity index (χ0v) is 19.1. The van der Waals surface area contributed by atoms with E-state index in [0.29, 0.717) is 12.1 Å². The van der Waals surface area contributed by atoms with Gasteiger partial charge in [-0.25, -0.2) is 9.59 Å². The van der Waals surface area contributed by atoms with Gasteiger partial charge >= 0.3 is 12.2 Å². The molecule has 0 aliphatic heterocycles. The van der Waals surface area contributed by atoms with Crippen LogP contribution < -0.4 is 10.6 Å². The summed E-state index contributed by atoms with van der Waals surface area (Å²) in [6.07, 6.45) is 1.13. The van der Waals surface area contributed by atoms with Crippen LogP contribution in [0, 0.1) is 6.92 Å². The molecule has 0 saturated heterocycles. The van der Waals surface area contributed by atoms with Crippen LogP contribution in [0.5, 0.6) is 0 Å². The number of alkyl carbamates (subject to hydrolysis) is 1. The summed E-state index contributed by atoms with van der Waals surface area (Å²) < 4.78 is 11.5. The molecule has 9 heteroatoms. The summed E-state index contributed by atoms with van der Waals surface area (Å²) in [6, 6.07) is -0.133. The lowest BCUT2D eigenvalue weighted by molar-refractivity contribution is 0.0507. The third-order valence-electron chi connectivity index (χ3n) is 3.69. The maximum absolute atomic E-state index is 12.1. The molecule has 2 rings (SSSR count). The molecule has 2 amide bonds. The zero-order chi connectivity index (χ0) is 22.0. The Morgan fingerprint density at radius 3 is 2.28 bits per heavy atom. The quantitative estimate of drug-likeness (QED) is 0.733. The lowest BCUT2D eigenvalue weighted by Gasteiger charge is -2.21. The molecule has 0 radical (unpaired) electrons. The molecule has 1 atom stereocenters. The second-order valence-electron chi connectivity index (χ2n) is 8.96. The highest BCUT2D eigenvalue weighted by Gasteiger charge is 2.22. The molecule has 0 aromatic carbocycles. The molecule has 0 fully saturated rings. The Morgan fingerprint density at radius 2 is 1.69 bits per heavy atom. The molecular formula is C20H30N4O4S. The van der Waals surface area contributed by atoms with E-state index in [4.69, 9.17) is 9.47 Å². The van der Waals surface area contributed by atoms with E-state index in [-0.39, 0.29) is 6.04 Å². The molecule has 0 saturated carbocycles. The van der Waals surface area contributed by atoms with Gasteiger partial charge in [0.05, 0.1) is 16.6 Å². The van der Waals surface area contributed by atoms with Gasteiger partial charge in [-0.3, -0.25) is 5.32 Å². The highest BCUT2D eigenvalue weighted by molar-refractivity contribution is 7.19. The number of hydrogen-bond donors (Lipinski definition) is 2. The minimum Gasteiger partial charge on any atom is -0.444 e. The van der Waals surface area contributed by atoms with E-state index >= 15 is 0 Å². The number of amides is 2. The predicted octanol–water partition coefficient (Wildman–Crippen LogP) is 4.80. The van der Waals surface area contributed by atoms with Crippen LogP contribution in [0.15, 0.2) is 6.20 Å². The number of rotatable bonds is 4. The topological polar surface area (TPSA) is 102 Å². The van der Waals surface area contributed by atoms with Crippen LogP contribution >= 0.6 is 11.3 Å². The van der Waals surface area contributed by atoms with E-state index in [0.717, 1.165) is 20.7 Å². The third-order valence-corrected chi connectivity index (χ3v) is 5.03. The van der Waals surface area contributed by atoms with E-state index in [1.165, 1.54) is 17.5 Å². The number of carbonyl (C=O) groups is 2. The second kappa shape index (κ2) is 8.52. The zero-order valence-electron chi connectivity index (χ0n) is 18.3. The first-order chi connectivity index (χ1) is 13.2. The molecule has 2 N–H and O–H groups in total. The number of nitrogens with one attached hydrogen (secondary N) is 2. The van der Waals surface area contributed by atoms with Crippen LogP contribution in [0.25, 0.3) is 10.2 Å². The minimum atomic E-state index is -0.594. The average molecular weight is 423 g/mol. The summed E-state index contributed by atoms with van der Waals surface area (Å²) >= 11 is 1.51. The van der Waals surface area contributed by atoms with Crippen LogP contribution in [-0.2, 0) is 15.9 Å². The number of nitrogens with zero attached hydrogens (tertiary/aromatic N) is 2. The Morgan fingerprint density at radius 1 is 1.10 bits per heavy atom. The van der Waals surface area contributed by atoms with Gasteiger partial charge in [0.25, 0.3) is 0 Å². The minimum absolute atomic E-state index is 0.133. The molecule has 0 spiro atoms. The summed E-state index contributed by atoms with van der Waals surface area (Å²) in [6.45, 7) is 14.8. The summed E-state index contributed by atoms with van der Waals surface area (Å²) in [7, 11) is 0. The van der Waals surface area contributed by atoms with Crippen LogP contribution in [0.3, 0.4) is 0 Å². The van der Waals surface area contributed by atoms with Gasteiger partial charge in [0.15, 0.2) is 0 Å². The molecule has 0 bridgehead atoms.